The Morgan fingerprint density at radius 3 is 2.71 bits per heavy atom. The van der Waals surface area contributed by atoms with Gasteiger partial charge in [-0.2, -0.15) is 4.39 Å². The molecule has 0 fully saturated rings. The lowest BCUT2D eigenvalue weighted by Crippen LogP contribution is -2.35. The number of hydrogen-bond acceptors (Lipinski definition) is 8. The Kier molecular flexibility index (Phi) is 7.24. The molecule has 1 unspecified atom stereocenters. The first-order chi connectivity index (χ1) is 16.5. The summed E-state index contributed by atoms with van der Waals surface area (Å²) in [7, 11) is 1.32. The van der Waals surface area contributed by atoms with Gasteiger partial charge >= 0.3 is 5.97 Å². The molecular weight excluding hydrogens is 444 g/mol. The van der Waals surface area contributed by atoms with Crippen LogP contribution in [-0.4, -0.2) is 46.2 Å². The average Bonchev–Trinajstić information content (AvgIpc) is 2.86. The van der Waals surface area contributed by atoms with E-state index in [0.29, 0.717) is 43.1 Å². The number of carbonyl (C=O) groups excluding carboxylic acids is 1. The maximum atomic E-state index is 14.4. The summed E-state index contributed by atoms with van der Waals surface area (Å²) in [4.78, 5) is 30.6. The first kappa shape index (κ1) is 23.5. The van der Waals surface area contributed by atoms with Crippen molar-refractivity contribution in [2.24, 2.45) is 0 Å². The Balaban J connectivity index is 1.49. The summed E-state index contributed by atoms with van der Waals surface area (Å²) in [5.41, 5.74) is 2.30. The predicted octanol–water partition coefficient (Wildman–Crippen LogP) is 4.06. The molecule has 1 aliphatic heterocycles. The molecule has 1 aliphatic rings. The number of esters is 1. The van der Waals surface area contributed by atoms with Crippen LogP contribution in [0.3, 0.4) is 0 Å². The number of unbranched alkanes of at least 4 members (excludes halogenated alkanes) is 1. The number of methoxy groups -OCH3 is 1. The van der Waals surface area contributed by atoms with Crippen LogP contribution in [0.5, 0.6) is 5.75 Å². The number of anilines is 1. The maximum Gasteiger partial charge on any atom is 0.305 e. The number of rotatable bonds is 8. The molecule has 3 heterocycles. The minimum absolute atomic E-state index is 0.154. The summed E-state index contributed by atoms with van der Waals surface area (Å²) in [5, 5.41) is 0. The van der Waals surface area contributed by atoms with E-state index in [0.717, 1.165) is 11.3 Å². The minimum atomic E-state index is -1.03. The number of aromatic nitrogens is 4. The van der Waals surface area contributed by atoms with E-state index in [-0.39, 0.29) is 30.8 Å². The van der Waals surface area contributed by atoms with Crippen LogP contribution in [0.25, 0.3) is 11.6 Å². The van der Waals surface area contributed by atoms with Gasteiger partial charge < -0.3 is 14.4 Å². The molecule has 0 saturated heterocycles. The Morgan fingerprint density at radius 2 is 1.94 bits per heavy atom. The fourth-order valence-electron chi connectivity index (χ4n) is 3.92. The van der Waals surface area contributed by atoms with E-state index in [1.54, 1.807) is 24.7 Å². The Hall–Kier alpha value is -3.69. The number of fused-ring (bicyclic) bond motifs is 1. The molecule has 0 N–H and O–H groups in total. The first-order valence-electron chi connectivity index (χ1n) is 11.1. The maximum absolute atomic E-state index is 14.4. The topological polar surface area (TPSA) is 90.3 Å². The molecule has 0 spiro atoms. The van der Waals surface area contributed by atoms with E-state index in [1.165, 1.54) is 19.2 Å². The number of ether oxygens (including phenoxy) is 2. The van der Waals surface area contributed by atoms with E-state index in [2.05, 4.69) is 24.7 Å². The number of hydrogen-bond donors (Lipinski definition) is 0. The van der Waals surface area contributed by atoms with Gasteiger partial charge in [-0.1, -0.05) is 0 Å². The lowest BCUT2D eigenvalue weighted by atomic mass is 9.98. The van der Waals surface area contributed by atoms with Crippen LogP contribution in [0.2, 0.25) is 0 Å². The zero-order valence-electron chi connectivity index (χ0n) is 19.0. The standard InChI is InChI=1S/C24H25F2N5O3/c1-15-17-14-29-24(23-27-8-5-9-28-23)30-19(17)7-10-31(15)16-12-18(25)22(26)20(13-16)34-11-4-3-6-21(32)33-2/h5,8-9,12-15H,3-4,6-7,10-11H2,1-2H3. The Bertz CT molecular complexity index is 1160. The van der Waals surface area contributed by atoms with Crippen molar-refractivity contribution in [3.63, 3.8) is 0 Å². The highest BCUT2D eigenvalue weighted by Gasteiger charge is 2.28. The fraction of sp³-hybridized carbons (Fsp3) is 0.375. The van der Waals surface area contributed by atoms with E-state index in [1.807, 2.05) is 11.8 Å². The van der Waals surface area contributed by atoms with Gasteiger partial charge in [-0.05, 0) is 25.8 Å². The highest BCUT2D eigenvalue weighted by Crippen LogP contribution is 2.36. The molecule has 4 rings (SSSR count). The zero-order valence-corrected chi connectivity index (χ0v) is 19.0. The van der Waals surface area contributed by atoms with Gasteiger partial charge in [0, 0.05) is 61.4 Å². The van der Waals surface area contributed by atoms with Gasteiger partial charge in [-0.25, -0.2) is 24.3 Å². The molecule has 3 aromatic rings. The van der Waals surface area contributed by atoms with Crippen LogP contribution in [0.15, 0.2) is 36.8 Å². The fourth-order valence-corrected chi connectivity index (χ4v) is 3.92. The second-order valence-corrected chi connectivity index (χ2v) is 7.91. The molecule has 1 aromatic carbocycles. The summed E-state index contributed by atoms with van der Waals surface area (Å²) in [5.74, 6) is -1.57. The van der Waals surface area contributed by atoms with E-state index in [4.69, 9.17) is 4.74 Å². The van der Waals surface area contributed by atoms with Crippen molar-refractivity contribution >= 4 is 11.7 Å². The predicted molar refractivity (Wildman–Crippen MR) is 120 cm³/mol. The summed E-state index contributed by atoms with van der Waals surface area (Å²) in [6.45, 7) is 2.69. The quantitative estimate of drug-likeness (QED) is 0.360. The van der Waals surface area contributed by atoms with Crippen molar-refractivity contribution in [2.45, 2.75) is 38.6 Å². The molecule has 2 aromatic heterocycles. The van der Waals surface area contributed by atoms with Gasteiger partial charge in [-0.3, -0.25) is 4.79 Å². The van der Waals surface area contributed by atoms with E-state index in [9.17, 15) is 13.6 Å². The SMILES string of the molecule is COC(=O)CCCCOc1cc(N2CCc3nc(-c4ncccn4)ncc3C2C)cc(F)c1F. The largest absolute Gasteiger partial charge is 0.490 e. The zero-order chi connectivity index (χ0) is 24.1. The van der Waals surface area contributed by atoms with Crippen molar-refractivity contribution in [1.29, 1.82) is 0 Å². The molecule has 0 saturated carbocycles. The van der Waals surface area contributed by atoms with Crippen LogP contribution in [0.4, 0.5) is 14.5 Å². The molecule has 0 bridgehead atoms. The summed E-state index contributed by atoms with van der Waals surface area (Å²) in [6, 6.07) is 4.25. The third-order valence-corrected chi connectivity index (χ3v) is 5.74. The number of benzene rings is 1. The average molecular weight is 469 g/mol. The number of nitrogens with zero attached hydrogens (tertiary/aromatic N) is 5. The molecule has 0 amide bonds. The third-order valence-electron chi connectivity index (χ3n) is 5.74. The molecule has 178 valence electrons. The molecular formula is C24H25F2N5O3. The van der Waals surface area contributed by atoms with Crippen molar-refractivity contribution in [2.75, 3.05) is 25.2 Å². The van der Waals surface area contributed by atoms with Gasteiger partial charge in [0.15, 0.2) is 23.2 Å². The highest BCUT2D eigenvalue weighted by atomic mass is 19.2. The van der Waals surface area contributed by atoms with Crippen LogP contribution in [0, 0.1) is 11.6 Å². The van der Waals surface area contributed by atoms with Gasteiger partial charge in [0.2, 0.25) is 5.82 Å². The second-order valence-electron chi connectivity index (χ2n) is 7.91. The molecule has 34 heavy (non-hydrogen) atoms. The van der Waals surface area contributed by atoms with Crippen LogP contribution >= 0.6 is 0 Å². The van der Waals surface area contributed by atoms with Crippen LogP contribution in [-0.2, 0) is 16.0 Å². The molecule has 10 heteroatoms. The second kappa shape index (κ2) is 10.5. The van der Waals surface area contributed by atoms with Crippen molar-refractivity contribution < 1.29 is 23.0 Å². The summed E-state index contributed by atoms with van der Waals surface area (Å²) in [6.07, 6.45) is 6.91. The van der Waals surface area contributed by atoms with Gasteiger partial charge in [-0.15, -0.1) is 0 Å². The molecule has 1 atom stereocenters. The van der Waals surface area contributed by atoms with Gasteiger partial charge in [0.1, 0.15) is 0 Å². The normalized spacial score (nSPS) is 15.1. The first-order valence-corrected chi connectivity index (χ1v) is 11.1. The number of halogens is 2. The Labute approximate surface area is 196 Å². The lowest BCUT2D eigenvalue weighted by molar-refractivity contribution is -0.140. The Morgan fingerprint density at radius 1 is 1.15 bits per heavy atom. The molecule has 0 radical (unpaired) electrons. The monoisotopic (exact) mass is 469 g/mol. The van der Waals surface area contributed by atoms with Crippen LogP contribution < -0.4 is 9.64 Å². The van der Waals surface area contributed by atoms with E-state index < -0.39 is 11.6 Å². The van der Waals surface area contributed by atoms with Crippen molar-refractivity contribution in [1.82, 2.24) is 19.9 Å². The van der Waals surface area contributed by atoms with Crippen molar-refractivity contribution in [3.8, 4) is 17.4 Å². The molecule has 8 nitrogen and oxygen atoms in total. The summed E-state index contributed by atoms with van der Waals surface area (Å²) < 4.78 is 38.9. The van der Waals surface area contributed by atoms with Gasteiger partial charge in [0.05, 0.1) is 25.5 Å². The third kappa shape index (κ3) is 5.11. The highest BCUT2D eigenvalue weighted by molar-refractivity contribution is 5.69. The smallest absolute Gasteiger partial charge is 0.305 e. The van der Waals surface area contributed by atoms with Crippen LogP contribution in [0.1, 0.15) is 43.5 Å². The minimum Gasteiger partial charge on any atom is -0.490 e. The summed E-state index contributed by atoms with van der Waals surface area (Å²) >= 11 is 0. The number of carbonyl (C=O) groups is 1. The van der Waals surface area contributed by atoms with Gasteiger partial charge in [0.25, 0.3) is 0 Å². The van der Waals surface area contributed by atoms with Crippen molar-refractivity contribution in [3.05, 3.63) is 59.7 Å². The molecule has 0 aliphatic carbocycles. The van der Waals surface area contributed by atoms with E-state index >= 15 is 0 Å². The lowest BCUT2D eigenvalue weighted by Gasteiger charge is -2.36.